The van der Waals surface area contributed by atoms with Crippen LogP contribution >= 0.6 is 46.3 Å². The molecule has 0 radical (unpaired) electrons. The second kappa shape index (κ2) is 13.5. The maximum atomic E-state index is 13.7. The molecule has 1 amide bonds. The van der Waals surface area contributed by atoms with Crippen LogP contribution < -0.4 is 9.64 Å². The molecule has 45 heavy (non-hydrogen) atoms. The predicted octanol–water partition coefficient (Wildman–Crippen LogP) is 8.65. The number of anilines is 1. The Balaban J connectivity index is 1.36. The molecular weight excluding hydrogens is 649 g/mol. The molecule has 5 aromatic rings. The number of nitrogens with zero attached hydrogens (tertiary/aromatic N) is 3. The van der Waals surface area contributed by atoms with Crippen LogP contribution in [0.2, 0.25) is 10.0 Å². The fourth-order valence-corrected chi connectivity index (χ4v) is 7.29. The van der Waals surface area contributed by atoms with Crippen LogP contribution in [0.25, 0.3) is 5.76 Å². The fourth-order valence-electron chi connectivity index (χ4n) is 4.86. The number of carbonyl (C=O) groups excluding carboxylic acids is 2. The van der Waals surface area contributed by atoms with E-state index in [0.29, 0.717) is 43.6 Å². The van der Waals surface area contributed by atoms with Crippen LogP contribution in [0.5, 0.6) is 5.75 Å². The topological polar surface area (TPSA) is 92.6 Å². The number of benzene rings is 4. The highest BCUT2D eigenvalue weighted by molar-refractivity contribution is 8.00. The van der Waals surface area contributed by atoms with E-state index in [-0.39, 0.29) is 16.5 Å². The summed E-state index contributed by atoms with van der Waals surface area (Å²) in [7, 11) is 0. The Labute approximate surface area is 278 Å². The quantitative estimate of drug-likeness (QED) is 0.0550. The summed E-state index contributed by atoms with van der Waals surface area (Å²) in [5, 5.41) is 21.4. The van der Waals surface area contributed by atoms with E-state index in [0.717, 1.165) is 16.7 Å². The van der Waals surface area contributed by atoms with Crippen LogP contribution in [-0.2, 0) is 21.9 Å². The predicted molar refractivity (Wildman–Crippen MR) is 179 cm³/mol. The number of ether oxygens (including phenoxy) is 1. The van der Waals surface area contributed by atoms with Crippen molar-refractivity contribution in [3.8, 4) is 5.75 Å². The first-order valence-corrected chi connectivity index (χ1v) is 16.4. The molecule has 6 rings (SSSR count). The molecule has 1 fully saturated rings. The SMILES string of the molecule is Cc1ccc(/C(O)=C2\C(=O)C(=O)N(c3nnc(SCc4ccc(Cl)cc4Cl)s3)C2c2cccc(OCc3ccccc3)c2)cc1. The van der Waals surface area contributed by atoms with Gasteiger partial charge in [0.25, 0.3) is 5.78 Å². The molecule has 0 bridgehead atoms. The van der Waals surface area contributed by atoms with Gasteiger partial charge in [-0.15, -0.1) is 10.2 Å². The van der Waals surface area contributed by atoms with Gasteiger partial charge in [-0.3, -0.25) is 14.5 Å². The molecule has 1 aliphatic rings. The van der Waals surface area contributed by atoms with Gasteiger partial charge in [-0.05, 0) is 47.9 Å². The second-order valence-corrected chi connectivity index (χ2v) is 13.3. The largest absolute Gasteiger partial charge is 0.507 e. The normalized spacial score (nSPS) is 15.9. The average molecular weight is 675 g/mol. The van der Waals surface area contributed by atoms with Crippen molar-refractivity contribution in [2.24, 2.45) is 0 Å². The summed E-state index contributed by atoms with van der Waals surface area (Å²) in [6.07, 6.45) is 0. The highest BCUT2D eigenvalue weighted by Crippen LogP contribution is 2.45. The number of carbonyl (C=O) groups is 2. The van der Waals surface area contributed by atoms with E-state index >= 15 is 0 Å². The van der Waals surface area contributed by atoms with E-state index in [1.807, 2.05) is 55.5 Å². The van der Waals surface area contributed by atoms with Crippen LogP contribution in [0.15, 0.2) is 107 Å². The molecule has 226 valence electrons. The van der Waals surface area contributed by atoms with Gasteiger partial charge in [-0.25, -0.2) is 0 Å². The lowest BCUT2D eigenvalue weighted by atomic mass is 9.95. The van der Waals surface area contributed by atoms with Crippen molar-refractivity contribution < 1.29 is 19.4 Å². The number of halogens is 2. The van der Waals surface area contributed by atoms with Crippen LogP contribution in [0.4, 0.5) is 5.13 Å². The molecule has 1 saturated heterocycles. The minimum absolute atomic E-state index is 0.0404. The number of Topliss-reactive ketones (excluding diaryl/α,β-unsaturated/α-hetero) is 1. The van der Waals surface area contributed by atoms with Gasteiger partial charge >= 0.3 is 5.91 Å². The van der Waals surface area contributed by atoms with Gasteiger partial charge in [0.05, 0.1) is 11.6 Å². The van der Waals surface area contributed by atoms with Crippen molar-refractivity contribution in [2.75, 3.05) is 4.90 Å². The van der Waals surface area contributed by atoms with Crippen molar-refractivity contribution in [3.63, 3.8) is 0 Å². The number of ketones is 1. The number of thioether (sulfide) groups is 1. The number of amides is 1. The first kappa shape index (κ1) is 30.9. The molecule has 1 N–H and O–H groups in total. The zero-order valence-electron chi connectivity index (χ0n) is 23.8. The van der Waals surface area contributed by atoms with Crippen molar-refractivity contribution in [2.45, 2.75) is 29.7 Å². The monoisotopic (exact) mass is 673 g/mol. The van der Waals surface area contributed by atoms with Gasteiger partial charge in [0.2, 0.25) is 5.13 Å². The lowest BCUT2D eigenvalue weighted by Crippen LogP contribution is -2.29. The Bertz CT molecular complexity index is 1910. The molecule has 7 nitrogen and oxygen atoms in total. The zero-order valence-corrected chi connectivity index (χ0v) is 27.0. The number of aromatic nitrogens is 2. The minimum Gasteiger partial charge on any atom is -0.507 e. The van der Waals surface area contributed by atoms with Crippen LogP contribution in [-0.4, -0.2) is 27.0 Å². The number of hydrogen-bond donors (Lipinski definition) is 1. The zero-order chi connectivity index (χ0) is 31.5. The minimum atomic E-state index is -0.969. The van der Waals surface area contributed by atoms with Gasteiger partial charge in [-0.2, -0.15) is 0 Å². The third-order valence-corrected chi connectivity index (χ3v) is 9.85. The Morgan fingerprint density at radius 2 is 1.73 bits per heavy atom. The second-order valence-electron chi connectivity index (χ2n) is 10.3. The molecule has 1 unspecified atom stereocenters. The number of aryl methyl sites for hydroxylation is 1. The third kappa shape index (κ3) is 6.77. The van der Waals surface area contributed by atoms with E-state index in [1.54, 1.807) is 48.5 Å². The maximum absolute atomic E-state index is 13.7. The van der Waals surface area contributed by atoms with Gasteiger partial charge < -0.3 is 9.84 Å². The first-order chi connectivity index (χ1) is 21.8. The van der Waals surface area contributed by atoms with Gasteiger partial charge in [0.15, 0.2) is 4.34 Å². The van der Waals surface area contributed by atoms with Gasteiger partial charge in [0.1, 0.15) is 18.1 Å². The van der Waals surface area contributed by atoms with E-state index in [4.69, 9.17) is 27.9 Å². The van der Waals surface area contributed by atoms with Crippen molar-refractivity contribution in [1.82, 2.24) is 10.2 Å². The summed E-state index contributed by atoms with van der Waals surface area (Å²) >= 11 is 14.9. The Hall–Kier alpha value is -4.15. The maximum Gasteiger partial charge on any atom is 0.301 e. The number of rotatable bonds is 9. The molecule has 4 aromatic carbocycles. The Kier molecular flexibility index (Phi) is 9.23. The van der Waals surface area contributed by atoms with Gasteiger partial charge in [-0.1, -0.05) is 125 Å². The van der Waals surface area contributed by atoms with Crippen LogP contribution in [0.3, 0.4) is 0 Å². The van der Waals surface area contributed by atoms with Gasteiger partial charge in [0, 0.05) is 21.4 Å². The molecule has 0 saturated carbocycles. The number of aliphatic hydroxyl groups excluding tert-OH is 1. The standard InChI is InChI=1S/C34H25Cl2N3O4S2/c1-20-10-12-22(13-11-20)30(40)28-29(23-8-5-9-26(16-23)43-18-21-6-3-2-4-7-21)39(32(42)31(28)41)33-37-38-34(45-33)44-19-24-14-15-25(35)17-27(24)36/h2-17,29,40H,18-19H2,1H3/b30-28+. The fraction of sp³-hybridized carbons (Fsp3) is 0.118. The van der Waals surface area contributed by atoms with E-state index in [1.165, 1.54) is 28.0 Å². The summed E-state index contributed by atoms with van der Waals surface area (Å²) in [5.41, 5.74) is 3.81. The Morgan fingerprint density at radius 1 is 0.956 bits per heavy atom. The van der Waals surface area contributed by atoms with Crippen molar-refractivity contribution in [3.05, 3.63) is 140 Å². The molecule has 0 aliphatic carbocycles. The molecule has 1 aromatic heterocycles. The third-order valence-electron chi connectivity index (χ3n) is 7.16. The molecular formula is C34H25Cl2N3O4S2. The number of aliphatic hydroxyl groups is 1. The molecule has 1 aliphatic heterocycles. The van der Waals surface area contributed by atoms with E-state index in [9.17, 15) is 14.7 Å². The average Bonchev–Trinajstić information content (AvgIpc) is 3.62. The highest BCUT2D eigenvalue weighted by Gasteiger charge is 2.48. The lowest BCUT2D eigenvalue weighted by molar-refractivity contribution is -0.132. The molecule has 2 heterocycles. The summed E-state index contributed by atoms with van der Waals surface area (Å²) in [6.45, 7) is 2.26. The first-order valence-electron chi connectivity index (χ1n) is 13.8. The highest BCUT2D eigenvalue weighted by atomic mass is 35.5. The van der Waals surface area contributed by atoms with E-state index in [2.05, 4.69) is 10.2 Å². The smallest absolute Gasteiger partial charge is 0.301 e. The summed E-state index contributed by atoms with van der Waals surface area (Å²) in [4.78, 5) is 28.6. The molecule has 0 spiro atoms. The number of hydrogen-bond acceptors (Lipinski definition) is 8. The van der Waals surface area contributed by atoms with Crippen molar-refractivity contribution >= 4 is 68.9 Å². The van der Waals surface area contributed by atoms with Crippen LogP contribution in [0.1, 0.15) is 33.9 Å². The molecule has 11 heteroatoms. The summed E-state index contributed by atoms with van der Waals surface area (Å²) in [5.74, 6) is -0.844. The Morgan fingerprint density at radius 3 is 2.49 bits per heavy atom. The van der Waals surface area contributed by atoms with Crippen LogP contribution in [0, 0.1) is 6.92 Å². The van der Waals surface area contributed by atoms with E-state index < -0.39 is 17.7 Å². The lowest BCUT2D eigenvalue weighted by Gasteiger charge is -2.23. The summed E-state index contributed by atoms with van der Waals surface area (Å²) < 4.78 is 6.64. The van der Waals surface area contributed by atoms with Crippen molar-refractivity contribution in [1.29, 1.82) is 0 Å². The molecule has 1 atom stereocenters. The summed E-state index contributed by atoms with van der Waals surface area (Å²) in [6, 6.07) is 28.3.